The molecule has 1 saturated heterocycles. The van der Waals surface area contributed by atoms with Gasteiger partial charge in [-0.2, -0.15) is 0 Å². The maximum atomic E-state index is 12.3. The molecule has 23 heavy (non-hydrogen) atoms. The van der Waals surface area contributed by atoms with Gasteiger partial charge in [0.15, 0.2) is 0 Å². The zero-order valence-electron chi connectivity index (χ0n) is 13.0. The predicted molar refractivity (Wildman–Crippen MR) is 100 cm³/mol. The summed E-state index contributed by atoms with van der Waals surface area (Å²) in [5.41, 5.74) is 5.80. The number of carbonyl (C=O) groups excluding carboxylic acids is 1. The Bertz CT molecular complexity index is 521. The van der Waals surface area contributed by atoms with Crippen LogP contribution in [0.15, 0.2) is 12.3 Å². The van der Waals surface area contributed by atoms with Gasteiger partial charge < -0.3 is 15.5 Å². The molecule has 0 bridgehead atoms. The van der Waals surface area contributed by atoms with Crippen LogP contribution < -0.4 is 10.6 Å². The number of pyridine rings is 1. The van der Waals surface area contributed by atoms with E-state index in [2.05, 4.69) is 9.88 Å². The fourth-order valence-corrected chi connectivity index (χ4v) is 2.79. The van der Waals surface area contributed by atoms with Crippen LogP contribution in [0.3, 0.4) is 0 Å². The van der Waals surface area contributed by atoms with Gasteiger partial charge in [0.25, 0.3) is 0 Å². The molecule has 1 amide bonds. The maximum absolute atomic E-state index is 12.3. The van der Waals surface area contributed by atoms with E-state index in [1.807, 2.05) is 18.7 Å². The van der Waals surface area contributed by atoms with Gasteiger partial charge in [0.2, 0.25) is 5.91 Å². The van der Waals surface area contributed by atoms with Gasteiger partial charge in [0, 0.05) is 38.4 Å². The molecule has 2 heterocycles. The Morgan fingerprint density at radius 3 is 2.26 bits per heavy atom. The second-order valence-corrected chi connectivity index (χ2v) is 6.26. The van der Waals surface area contributed by atoms with Crippen molar-refractivity contribution >= 4 is 59.7 Å². The van der Waals surface area contributed by atoms with Gasteiger partial charge in [-0.1, -0.05) is 30.1 Å². The lowest BCUT2D eigenvalue weighted by Gasteiger charge is -2.37. The average molecular weight is 404 g/mol. The first-order valence-electron chi connectivity index (χ1n) is 7.00. The fourth-order valence-electron chi connectivity index (χ4n) is 2.29. The summed E-state index contributed by atoms with van der Waals surface area (Å²) in [7, 11) is 0. The van der Waals surface area contributed by atoms with E-state index in [1.54, 1.807) is 12.3 Å². The van der Waals surface area contributed by atoms with Gasteiger partial charge in [0.1, 0.15) is 5.82 Å². The highest BCUT2D eigenvalue weighted by atomic mass is 35.5. The molecule has 1 aliphatic rings. The number of aromatic nitrogens is 1. The van der Waals surface area contributed by atoms with Crippen molar-refractivity contribution in [2.24, 2.45) is 11.7 Å². The highest BCUT2D eigenvalue weighted by Gasteiger charge is 2.27. The normalized spacial score (nSPS) is 16.9. The Labute approximate surface area is 159 Å². The van der Waals surface area contributed by atoms with Crippen molar-refractivity contribution in [3.05, 3.63) is 22.3 Å². The van der Waals surface area contributed by atoms with Crippen molar-refractivity contribution in [1.82, 2.24) is 9.88 Å². The first kappa shape index (κ1) is 22.5. The number of anilines is 1. The van der Waals surface area contributed by atoms with Crippen molar-refractivity contribution in [3.63, 3.8) is 0 Å². The maximum Gasteiger partial charge on any atom is 0.227 e. The van der Waals surface area contributed by atoms with Gasteiger partial charge in [-0.05, 0) is 13.0 Å². The molecule has 1 aliphatic heterocycles. The second-order valence-electron chi connectivity index (χ2n) is 5.42. The number of nitrogens with two attached hydrogens (primary N) is 1. The molecule has 0 saturated carbocycles. The molecule has 132 valence electrons. The number of rotatable bonds is 3. The highest BCUT2D eigenvalue weighted by Crippen LogP contribution is 2.26. The van der Waals surface area contributed by atoms with Crippen LogP contribution in [-0.4, -0.2) is 48.0 Å². The Balaban J connectivity index is 0.00000242. The fraction of sp³-hybridized carbons (Fsp3) is 0.571. The largest absolute Gasteiger partial charge is 0.352 e. The molecule has 2 N–H and O–H groups in total. The Kier molecular flexibility index (Phi) is 9.55. The lowest BCUT2D eigenvalue weighted by Crippen LogP contribution is -2.52. The standard InChI is InChI=1S/C14H20Cl2N4O.2ClH/c1-9(10(2)17)14(21)20-5-3-19(4-6-20)13-12(16)7-11(15)8-18-13;;/h7-10H,3-6,17H2,1-2H3;2*1H. The summed E-state index contributed by atoms with van der Waals surface area (Å²) in [6, 6.07) is 1.55. The number of hydrogen-bond donors (Lipinski definition) is 1. The number of halogens is 4. The minimum absolute atomic E-state index is 0. The number of amides is 1. The van der Waals surface area contributed by atoms with Crippen molar-refractivity contribution < 1.29 is 4.79 Å². The lowest BCUT2D eigenvalue weighted by atomic mass is 10.0. The van der Waals surface area contributed by atoms with Crippen LogP contribution in [0.25, 0.3) is 0 Å². The molecule has 9 heteroatoms. The molecule has 0 aromatic carbocycles. The van der Waals surface area contributed by atoms with E-state index < -0.39 is 0 Å². The molecule has 1 aromatic heterocycles. The van der Waals surface area contributed by atoms with E-state index in [0.29, 0.717) is 42.0 Å². The van der Waals surface area contributed by atoms with Crippen LogP contribution in [0, 0.1) is 5.92 Å². The third kappa shape index (κ3) is 5.54. The van der Waals surface area contributed by atoms with E-state index in [1.165, 1.54) is 0 Å². The molecule has 1 aromatic rings. The van der Waals surface area contributed by atoms with Crippen molar-refractivity contribution in [3.8, 4) is 0 Å². The van der Waals surface area contributed by atoms with Gasteiger partial charge in [0.05, 0.1) is 16.0 Å². The predicted octanol–water partition coefficient (Wildman–Crippen LogP) is 2.86. The molecular weight excluding hydrogens is 382 g/mol. The zero-order chi connectivity index (χ0) is 15.6. The van der Waals surface area contributed by atoms with Gasteiger partial charge in [-0.25, -0.2) is 4.98 Å². The highest BCUT2D eigenvalue weighted by molar-refractivity contribution is 6.36. The molecule has 2 rings (SSSR count). The monoisotopic (exact) mass is 402 g/mol. The number of piperazine rings is 1. The Morgan fingerprint density at radius 2 is 1.78 bits per heavy atom. The van der Waals surface area contributed by atoms with Gasteiger partial charge in [-0.3, -0.25) is 4.79 Å². The van der Waals surface area contributed by atoms with Crippen molar-refractivity contribution in [1.29, 1.82) is 0 Å². The van der Waals surface area contributed by atoms with Crippen LogP contribution in [0.1, 0.15) is 13.8 Å². The first-order chi connectivity index (χ1) is 9.90. The van der Waals surface area contributed by atoms with Crippen molar-refractivity contribution in [2.75, 3.05) is 31.1 Å². The minimum Gasteiger partial charge on any atom is -0.352 e. The minimum atomic E-state index is -0.159. The van der Waals surface area contributed by atoms with Crippen LogP contribution in [0.2, 0.25) is 10.0 Å². The molecule has 2 atom stereocenters. The second kappa shape index (κ2) is 9.74. The summed E-state index contributed by atoms with van der Waals surface area (Å²) in [4.78, 5) is 20.5. The van der Waals surface area contributed by atoms with E-state index >= 15 is 0 Å². The third-order valence-corrected chi connectivity index (χ3v) is 4.34. The zero-order valence-corrected chi connectivity index (χ0v) is 16.2. The summed E-state index contributed by atoms with van der Waals surface area (Å²) in [6.07, 6.45) is 1.58. The molecule has 2 unspecified atom stereocenters. The van der Waals surface area contributed by atoms with E-state index in [4.69, 9.17) is 28.9 Å². The SMILES string of the molecule is CC(N)C(C)C(=O)N1CCN(c2ncc(Cl)cc2Cl)CC1.Cl.Cl. The summed E-state index contributed by atoms with van der Waals surface area (Å²) in [6.45, 7) is 6.43. The van der Waals surface area contributed by atoms with E-state index in [-0.39, 0.29) is 42.7 Å². The van der Waals surface area contributed by atoms with Crippen LogP contribution in [-0.2, 0) is 4.79 Å². The quantitative estimate of drug-likeness (QED) is 0.842. The number of nitrogens with zero attached hydrogens (tertiary/aromatic N) is 3. The van der Waals surface area contributed by atoms with E-state index in [9.17, 15) is 4.79 Å². The number of hydrogen-bond acceptors (Lipinski definition) is 4. The Morgan fingerprint density at radius 1 is 1.22 bits per heavy atom. The van der Waals surface area contributed by atoms with Crippen molar-refractivity contribution in [2.45, 2.75) is 19.9 Å². The van der Waals surface area contributed by atoms with Crippen LogP contribution in [0.4, 0.5) is 5.82 Å². The average Bonchev–Trinajstić information content (AvgIpc) is 2.46. The summed E-state index contributed by atoms with van der Waals surface area (Å²) >= 11 is 12.0. The third-order valence-electron chi connectivity index (χ3n) is 3.86. The van der Waals surface area contributed by atoms with Gasteiger partial charge in [-0.15, -0.1) is 24.8 Å². The summed E-state index contributed by atoms with van der Waals surface area (Å²) in [5.74, 6) is 0.669. The molecule has 0 radical (unpaired) electrons. The molecular formula is C14H22Cl4N4O. The molecule has 5 nitrogen and oxygen atoms in total. The lowest BCUT2D eigenvalue weighted by molar-refractivity contribution is -0.135. The smallest absolute Gasteiger partial charge is 0.227 e. The molecule has 0 aliphatic carbocycles. The Hall–Kier alpha value is -0.460. The molecule has 0 spiro atoms. The van der Waals surface area contributed by atoms with Crippen LogP contribution in [0.5, 0.6) is 0 Å². The summed E-state index contributed by atoms with van der Waals surface area (Å²) < 4.78 is 0. The first-order valence-corrected chi connectivity index (χ1v) is 7.76. The van der Waals surface area contributed by atoms with Crippen LogP contribution >= 0.6 is 48.0 Å². The number of carbonyl (C=O) groups is 1. The van der Waals surface area contributed by atoms with E-state index in [0.717, 1.165) is 0 Å². The topological polar surface area (TPSA) is 62.5 Å². The molecule has 1 fully saturated rings. The summed E-state index contributed by atoms with van der Waals surface area (Å²) in [5, 5.41) is 1.05. The van der Waals surface area contributed by atoms with Gasteiger partial charge >= 0.3 is 0 Å².